The fourth-order valence-corrected chi connectivity index (χ4v) is 9.80. The Bertz CT molecular complexity index is 2430. The molecule has 0 spiro atoms. The lowest BCUT2D eigenvalue weighted by Crippen LogP contribution is -2.62. The minimum atomic E-state index is -1.67. The van der Waals surface area contributed by atoms with E-state index in [1.54, 1.807) is 66.9 Å². The number of aliphatic hydroxyl groups excluding tert-OH is 1. The van der Waals surface area contributed by atoms with Gasteiger partial charge in [0.05, 0.1) is 12.1 Å². The summed E-state index contributed by atoms with van der Waals surface area (Å²) in [7, 11) is 2.07. The smallest absolute Gasteiger partial charge is 0.327 e. The van der Waals surface area contributed by atoms with Crippen molar-refractivity contribution in [1.82, 2.24) is 42.2 Å². The number of nitrogens with two attached hydrogens (primary N) is 2. The van der Waals surface area contributed by atoms with Gasteiger partial charge in [0.25, 0.3) is 0 Å². The van der Waals surface area contributed by atoms with Gasteiger partial charge in [-0.1, -0.05) is 100 Å². The van der Waals surface area contributed by atoms with Crippen molar-refractivity contribution in [3.05, 3.63) is 108 Å². The summed E-state index contributed by atoms with van der Waals surface area (Å²) in [4.78, 5) is 114. The maximum absolute atomic E-state index is 14.5. The van der Waals surface area contributed by atoms with Gasteiger partial charge in [-0.05, 0) is 62.4 Å². The Labute approximate surface area is 413 Å². The van der Waals surface area contributed by atoms with Crippen LogP contribution in [0.4, 0.5) is 0 Å². The van der Waals surface area contributed by atoms with Crippen LogP contribution in [0, 0.1) is 0 Å². The molecule has 1 fully saturated rings. The summed E-state index contributed by atoms with van der Waals surface area (Å²) in [6, 6.07) is 13.8. The second kappa shape index (κ2) is 27.1. The number of aromatic amines is 1. The average molecular weight is 1000 g/mol. The molecule has 1 aromatic heterocycles. The number of carboxylic acids is 1. The number of carbonyl (C=O) groups is 8. The number of hydrogen-bond acceptors (Lipinski definition) is 13. The Kier molecular flexibility index (Phi) is 21.1. The zero-order valence-electron chi connectivity index (χ0n) is 38.9. The number of carboxylic acid groups (broad SMARTS) is 1. The van der Waals surface area contributed by atoms with Crippen LogP contribution in [0.1, 0.15) is 49.8 Å². The summed E-state index contributed by atoms with van der Waals surface area (Å²) in [5.41, 5.74) is 14.7. The lowest BCUT2D eigenvalue weighted by Gasteiger charge is -2.28. The fraction of sp³-hybridized carbons (Fsp3) is 0.417. The third-order valence-electron chi connectivity index (χ3n) is 11.5. The van der Waals surface area contributed by atoms with Crippen molar-refractivity contribution in [2.24, 2.45) is 11.5 Å². The number of benzene rings is 3. The van der Waals surface area contributed by atoms with Crippen LogP contribution in [0.15, 0.2) is 91.1 Å². The number of rotatable bonds is 12. The summed E-state index contributed by atoms with van der Waals surface area (Å²) >= 11 is 0. The monoisotopic (exact) mass is 1000 g/mol. The first-order valence-electron chi connectivity index (χ1n) is 22.9. The van der Waals surface area contributed by atoms with Gasteiger partial charge in [-0.2, -0.15) is 0 Å². The van der Waals surface area contributed by atoms with Gasteiger partial charge in [0.15, 0.2) is 0 Å². The molecule has 22 heteroatoms. The summed E-state index contributed by atoms with van der Waals surface area (Å²) in [5, 5.41) is 40.2. The highest BCUT2D eigenvalue weighted by atomic mass is 33.1. The maximum atomic E-state index is 14.5. The van der Waals surface area contributed by atoms with Crippen molar-refractivity contribution < 1.29 is 48.6 Å². The van der Waals surface area contributed by atoms with Gasteiger partial charge in [0, 0.05) is 47.9 Å². The molecule has 9 atom stereocenters. The first-order valence-corrected chi connectivity index (χ1v) is 25.4. The summed E-state index contributed by atoms with van der Waals surface area (Å²) in [6.07, 6.45) is 0.796. The molecule has 0 aliphatic carbocycles. The number of H-pyrrole nitrogens is 1. The number of fused-ring (bicyclic) bond motifs is 1. The van der Waals surface area contributed by atoms with Crippen molar-refractivity contribution in [1.29, 1.82) is 0 Å². The largest absolute Gasteiger partial charge is 0.480 e. The van der Waals surface area contributed by atoms with Crippen molar-refractivity contribution in [2.75, 3.05) is 18.1 Å². The van der Waals surface area contributed by atoms with Gasteiger partial charge in [0.1, 0.15) is 42.3 Å². The number of aromatic nitrogens is 1. The number of para-hydroxylation sites is 1. The van der Waals surface area contributed by atoms with E-state index >= 15 is 0 Å². The van der Waals surface area contributed by atoms with E-state index in [4.69, 9.17) is 11.5 Å². The summed E-state index contributed by atoms with van der Waals surface area (Å²) < 4.78 is 0. The minimum absolute atomic E-state index is 0.0161. The van der Waals surface area contributed by atoms with E-state index in [0.717, 1.165) is 32.5 Å². The highest BCUT2D eigenvalue weighted by Gasteiger charge is 2.36. The maximum Gasteiger partial charge on any atom is 0.327 e. The molecule has 5 rings (SSSR count). The predicted octanol–water partition coefficient (Wildman–Crippen LogP) is -0.0740. The number of aliphatic carboxylic acids is 1. The summed E-state index contributed by atoms with van der Waals surface area (Å²) in [5.74, 6) is -7.36. The van der Waals surface area contributed by atoms with E-state index in [9.17, 15) is 48.6 Å². The van der Waals surface area contributed by atoms with E-state index in [1.165, 1.54) is 13.8 Å². The fourth-order valence-electron chi connectivity index (χ4n) is 7.52. The van der Waals surface area contributed by atoms with E-state index in [0.29, 0.717) is 29.5 Å². The molecule has 0 unspecified atom stereocenters. The zero-order chi connectivity index (χ0) is 50.7. The Morgan fingerprint density at radius 3 is 1.76 bits per heavy atom. The van der Waals surface area contributed by atoms with Gasteiger partial charge in [-0.15, -0.1) is 0 Å². The molecule has 3 aromatic carbocycles. The Hall–Kier alpha value is -6.46. The highest BCUT2D eigenvalue weighted by molar-refractivity contribution is 8.76. The Morgan fingerprint density at radius 1 is 0.629 bits per heavy atom. The molecule has 0 radical (unpaired) electrons. The molecule has 1 saturated heterocycles. The number of hydrogen-bond donors (Lipinski definition) is 12. The van der Waals surface area contributed by atoms with Crippen LogP contribution in [0.25, 0.3) is 10.9 Å². The molecule has 20 nitrogen and oxygen atoms in total. The molecule has 4 aromatic rings. The zero-order valence-corrected chi connectivity index (χ0v) is 40.5. The standard InChI is InChI=1S/C48H62N10O10S2/c1-27-41(60)54-38(23-31-24-51-34-18-10-9-17-32(31)34)46(65)53-35(19-11-12-20-49)43(62)58-40(28(2)59)47(66)56-37(22-30-15-7-4-8-16-30)45(64)57-39(48(67)68)26-70-69-25-33(50)42(61)55-36(44(63)52-27)21-29-13-5-3-6-14-29/h3-10,13-18,24,27-28,33,35-40,51,59H,11-12,19-23,25-26,49-50H2,1-2H3,(H,52,63)(H,53,65)(H,54,60)(H,55,61)(H,56,66)(H,57,64)(H,58,62)(H,67,68)/t27-,28+,33-,35-,36-,37-,38+,39-,40-/m0/s1. The van der Waals surface area contributed by atoms with Gasteiger partial charge < -0.3 is 63.9 Å². The molecule has 376 valence electrons. The second-order valence-electron chi connectivity index (χ2n) is 17.0. The molecule has 70 heavy (non-hydrogen) atoms. The van der Waals surface area contributed by atoms with Gasteiger partial charge in [0.2, 0.25) is 41.4 Å². The predicted molar refractivity (Wildman–Crippen MR) is 267 cm³/mol. The number of nitrogens with one attached hydrogen (secondary N) is 8. The SMILES string of the molecule is C[C@@H]1NC(=O)[C@H](Cc2ccccc2)NC(=O)[C@@H](N)CSSC[C@@H](C(=O)O)NC(=O)[C@H](Cc2ccccc2)NC(=O)[C@H]([C@@H](C)O)NC(=O)[C@H](CCCCN)NC(=O)[C@@H](Cc2c[nH]c3ccccc23)NC1=O. The molecule has 1 aliphatic rings. The van der Waals surface area contributed by atoms with Crippen molar-refractivity contribution in [3.8, 4) is 0 Å². The molecule has 2 heterocycles. The molecule has 0 saturated carbocycles. The lowest BCUT2D eigenvalue weighted by atomic mass is 10.0. The molecule has 14 N–H and O–H groups in total. The van der Waals surface area contributed by atoms with Crippen molar-refractivity contribution in [2.45, 2.75) is 107 Å². The van der Waals surface area contributed by atoms with Crippen LogP contribution in [-0.2, 0) is 57.6 Å². The van der Waals surface area contributed by atoms with E-state index in [1.807, 2.05) is 24.3 Å². The lowest BCUT2D eigenvalue weighted by molar-refractivity contribution is -0.141. The van der Waals surface area contributed by atoms with E-state index in [-0.39, 0.29) is 43.7 Å². The highest BCUT2D eigenvalue weighted by Crippen LogP contribution is 2.23. The Balaban J connectivity index is 1.50. The first kappa shape index (κ1) is 54.5. The van der Waals surface area contributed by atoms with Crippen LogP contribution in [0.5, 0.6) is 0 Å². The van der Waals surface area contributed by atoms with Crippen LogP contribution in [-0.4, -0.2) is 135 Å². The van der Waals surface area contributed by atoms with Gasteiger partial charge in [-0.3, -0.25) is 33.6 Å². The number of amides is 7. The summed E-state index contributed by atoms with van der Waals surface area (Å²) in [6.45, 7) is 2.92. The van der Waals surface area contributed by atoms with Crippen molar-refractivity contribution >= 4 is 79.8 Å². The molecule has 7 amide bonds. The van der Waals surface area contributed by atoms with Crippen LogP contribution >= 0.6 is 21.6 Å². The quantitative estimate of drug-likeness (QED) is 0.0653. The van der Waals surface area contributed by atoms with Gasteiger partial charge in [-0.25, -0.2) is 4.79 Å². The minimum Gasteiger partial charge on any atom is -0.480 e. The van der Waals surface area contributed by atoms with Crippen LogP contribution in [0.2, 0.25) is 0 Å². The Morgan fingerprint density at radius 2 is 1.14 bits per heavy atom. The number of aliphatic hydroxyl groups is 1. The van der Waals surface area contributed by atoms with Crippen LogP contribution in [0.3, 0.4) is 0 Å². The van der Waals surface area contributed by atoms with Crippen molar-refractivity contribution in [3.63, 3.8) is 0 Å². The molecular weight excluding hydrogens is 941 g/mol. The number of unbranched alkanes of at least 4 members (excludes halogenated alkanes) is 1. The average Bonchev–Trinajstić information content (AvgIpc) is 3.75. The third kappa shape index (κ3) is 16.3. The molecule has 0 bridgehead atoms. The molecule has 1 aliphatic heterocycles. The van der Waals surface area contributed by atoms with E-state index < -0.39 is 102 Å². The normalized spacial score (nSPS) is 24.7. The first-order chi connectivity index (χ1) is 33.5. The third-order valence-corrected chi connectivity index (χ3v) is 13.9. The number of carbonyl (C=O) groups excluding carboxylic acids is 7. The second-order valence-corrected chi connectivity index (χ2v) is 19.6. The molecular formula is C48H62N10O10S2. The topological polar surface area (TPSA) is 329 Å². The van der Waals surface area contributed by atoms with Crippen LogP contribution < -0.4 is 48.7 Å². The van der Waals surface area contributed by atoms with E-state index in [2.05, 4.69) is 42.2 Å². The van der Waals surface area contributed by atoms with Gasteiger partial charge >= 0.3 is 5.97 Å².